The van der Waals surface area contributed by atoms with Crippen LogP contribution in [0.1, 0.15) is 54.4 Å². The van der Waals surface area contributed by atoms with Gasteiger partial charge in [0.2, 0.25) is 0 Å². The molecular weight excluding hydrogens is 577 g/mol. The van der Waals surface area contributed by atoms with E-state index in [0.29, 0.717) is 28.6 Å². The molecule has 0 aliphatic carbocycles. The van der Waals surface area contributed by atoms with E-state index in [1.54, 1.807) is 0 Å². The summed E-state index contributed by atoms with van der Waals surface area (Å²) in [6.07, 6.45) is 2.62. The summed E-state index contributed by atoms with van der Waals surface area (Å²) in [4.78, 5) is 0. The number of hydrogen-bond acceptors (Lipinski definition) is 12. The molecule has 158 valence electrons. The lowest BCUT2D eigenvalue weighted by atomic mass is 10.3. The van der Waals surface area contributed by atoms with Gasteiger partial charge in [0.1, 0.15) is 20.5 Å². The second-order valence-corrected chi connectivity index (χ2v) is 34.8. The van der Waals surface area contributed by atoms with Crippen molar-refractivity contribution in [2.75, 3.05) is 0 Å². The van der Waals surface area contributed by atoms with Crippen molar-refractivity contribution < 1.29 is 0 Å². The minimum Gasteiger partial charge on any atom is -0.116 e. The van der Waals surface area contributed by atoms with E-state index in [0.717, 1.165) is 0 Å². The Morgan fingerprint density at radius 1 is 0.429 bits per heavy atom. The van der Waals surface area contributed by atoms with E-state index in [2.05, 4.69) is 181 Å². The van der Waals surface area contributed by atoms with Crippen LogP contribution in [0.5, 0.6) is 0 Å². The van der Waals surface area contributed by atoms with Gasteiger partial charge in [-0.2, -0.15) is 0 Å². The molecule has 8 heterocycles. The fourth-order valence-corrected chi connectivity index (χ4v) is 46.1. The van der Waals surface area contributed by atoms with Crippen LogP contribution >= 0.6 is 139 Å². The van der Waals surface area contributed by atoms with Crippen molar-refractivity contribution in [1.29, 1.82) is 0 Å². The Morgan fingerprint density at radius 2 is 0.714 bits per heavy atom. The summed E-state index contributed by atoms with van der Waals surface area (Å²) in [7, 11) is 4.49. The van der Waals surface area contributed by atoms with E-state index < -0.39 is 0 Å². The summed E-state index contributed by atoms with van der Waals surface area (Å²) in [5.41, 5.74) is 0. The molecule has 0 nitrogen and oxygen atoms in total. The van der Waals surface area contributed by atoms with E-state index >= 15 is 0 Å². The van der Waals surface area contributed by atoms with Crippen LogP contribution in [-0.2, 0) is 0 Å². The first-order valence-electron chi connectivity index (χ1n) is 9.07. The van der Waals surface area contributed by atoms with Crippen molar-refractivity contribution in [2.24, 2.45) is 0 Å². The lowest BCUT2D eigenvalue weighted by molar-refractivity contribution is 0.771. The fourth-order valence-electron chi connectivity index (χ4n) is 5.03. The molecule has 4 unspecified atom stereocenters. The van der Waals surface area contributed by atoms with Gasteiger partial charge in [0.05, 0.1) is 8.16 Å². The van der Waals surface area contributed by atoms with Crippen LogP contribution in [-0.4, -0.2) is 28.6 Å². The summed E-state index contributed by atoms with van der Waals surface area (Å²) in [6, 6.07) is 0. The summed E-state index contributed by atoms with van der Waals surface area (Å²) in [5, 5.41) is 0. The van der Waals surface area contributed by atoms with Crippen LogP contribution in [0.4, 0.5) is 0 Å². The zero-order chi connectivity index (χ0) is 19.9. The third kappa shape index (κ3) is 3.72. The molecule has 0 N–H and O–H groups in total. The topological polar surface area (TPSA) is 0 Å². The summed E-state index contributed by atoms with van der Waals surface area (Å²) >= 11 is 22.4. The molecule has 28 heavy (non-hydrogen) atoms. The van der Waals surface area contributed by atoms with E-state index in [4.69, 9.17) is 0 Å². The van der Waals surface area contributed by atoms with Gasteiger partial charge in [-0.05, 0) is 41.5 Å². The van der Waals surface area contributed by atoms with Gasteiger partial charge in [-0.15, -0.1) is 118 Å². The second-order valence-electron chi connectivity index (χ2n) is 8.62. The largest absolute Gasteiger partial charge is 0.123 e. The number of hydrogen-bond donors (Lipinski definition) is 0. The van der Waals surface area contributed by atoms with Crippen molar-refractivity contribution >= 4 is 139 Å². The van der Waals surface area contributed by atoms with E-state index in [1.807, 2.05) is 0 Å². The smallest absolute Gasteiger partial charge is 0.116 e. The minimum absolute atomic E-state index is 0.297. The highest BCUT2D eigenvalue weighted by molar-refractivity contribution is 8.86. The van der Waals surface area contributed by atoms with Crippen LogP contribution in [0.15, 0.2) is 0 Å². The van der Waals surface area contributed by atoms with Gasteiger partial charge in [0, 0.05) is 12.8 Å². The molecule has 8 rings (SSSR count). The standard InChI is InChI=1S/C16H22S12/c1-9-7-15(23-11(3,17-9)21-12(4,18-9)24-15)27-28-16-8-10(2)19-13(5,25-16)22-14(6,20-10)26-16/h7-8H2,1-6H3. The maximum atomic E-state index is 2.51. The van der Waals surface area contributed by atoms with Crippen molar-refractivity contribution in [2.45, 2.75) is 83.0 Å². The maximum absolute atomic E-state index is 2.51. The quantitative estimate of drug-likeness (QED) is 0.284. The first-order valence-corrected chi connectivity index (χ1v) is 19.4. The van der Waals surface area contributed by atoms with Crippen molar-refractivity contribution in [1.82, 2.24) is 0 Å². The third-order valence-electron chi connectivity index (χ3n) is 5.08. The maximum Gasteiger partial charge on any atom is 0.123 e. The van der Waals surface area contributed by atoms with Crippen molar-refractivity contribution in [3.05, 3.63) is 0 Å². The monoisotopic (exact) mass is 598 g/mol. The van der Waals surface area contributed by atoms with Crippen molar-refractivity contribution in [3.8, 4) is 0 Å². The molecular formula is C16H22S12. The average Bonchev–Trinajstić information content (AvgIpc) is 2.34. The molecule has 0 aromatic rings. The average molecular weight is 599 g/mol. The Morgan fingerprint density at radius 3 is 0.964 bits per heavy atom. The van der Waals surface area contributed by atoms with Crippen LogP contribution < -0.4 is 0 Å². The Kier molecular flexibility index (Phi) is 5.25. The molecule has 0 spiro atoms. The molecule has 0 saturated carbocycles. The molecule has 12 heteroatoms. The predicted octanol–water partition coefficient (Wildman–Crippen LogP) is 10.00. The molecule has 8 saturated heterocycles. The van der Waals surface area contributed by atoms with E-state index in [1.165, 1.54) is 12.8 Å². The van der Waals surface area contributed by atoms with Gasteiger partial charge in [0.15, 0.2) is 0 Å². The third-order valence-corrected chi connectivity index (χ3v) is 27.8. The molecule has 8 fully saturated rings. The minimum atomic E-state index is 0.297. The van der Waals surface area contributed by atoms with Gasteiger partial charge in [-0.1, -0.05) is 21.6 Å². The summed E-state index contributed by atoms with van der Waals surface area (Å²) in [5.74, 6) is 0. The molecule has 0 amide bonds. The van der Waals surface area contributed by atoms with Crippen LogP contribution in [0.3, 0.4) is 0 Å². The van der Waals surface area contributed by atoms with Gasteiger partial charge in [-0.25, -0.2) is 0 Å². The van der Waals surface area contributed by atoms with Crippen LogP contribution in [0, 0.1) is 0 Å². The number of rotatable bonds is 3. The van der Waals surface area contributed by atoms with Crippen LogP contribution in [0.25, 0.3) is 0 Å². The van der Waals surface area contributed by atoms with Gasteiger partial charge in [-0.3, -0.25) is 0 Å². The number of thioether (sulfide) groups is 10. The first kappa shape index (κ1) is 22.7. The molecule has 8 aliphatic rings. The summed E-state index contributed by atoms with van der Waals surface area (Å²) < 4.78 is 2.55. The highest BCUT2D eigenvalue weighted by Gasteiger charge is 2.71. The van der Waals surface area contributed by atoms with Gasteiger partial charge < -0.3 is 0 Å². The molecule has 4 atom stereocenters. The Hall–Kier alpha value is 4.20. The van der Waals surface area contributed by atoms with E-state index in [9.17, 15) is 0 Å². The molecule has 0 aromatic heterocycles. The SMILES string of the molecule is CC12CC3(SSC45CC6(C)SC(C)(SC(C)(S6)S4)S5)SC(C)(S1)SC(C)(S2)S3. The van der Waals surface area contributed by atoms with Gasteiger partial charge >= 0.3 is 0 Å². The molecule has 0 aromatic carbocycles. The van der Waals surface area contributed by atoms with Crippen molar-refractivity contribution in [3.63, 3.8) is 0 Å². The highest BCUT2D eigenvalue weighted by atomic mass is 33.1. The zero-order valence-electron chi connectivity index (χ0n) is 16.3. The summed E-state index contributed by atoms with van der Waals surface area (Å²) in [6.45, 7) is 15.0. The normalized spacial score (nSPS) is 66.6. The van der Waals surface area contributed by atoms with Crippen LogP contribution in [0.2, 0.25) is 0 Å². The second kappa shape index (κ2) is 6.49. The molecule has 8 aliphatic heterocycles. The lowest BCUT2D eigenvalue weighted by Gasteiger charge is -2.67. The molecule has 0 radical (unpaired) electrons. The fraction of sp³-hybridized carbons (Fsp3) is 1.00. The van der Waals surface area contributed by atoms with Gasteiger partial charge in [0.25, 0.3) is 0 Å². The molecule has 8 bridgehead atoms. The first-order chi connectivity index (χ1) is 12.7. The predicted molar refractivity (Wildman–Crippen MR) is 156 cm³/mol. The Bertz CT molecular complexity index is 585. The van der Waals surface area contributed by atoms with E-state index in [-0.39, 0.29) is 0 Å². The Labute approximate surface area is 219 Å². The zero-order valence-corrected chi connectivity index (χ0v) is 26.1. The highest BCUT2D eigenvalue weighted by Crippen LogP contribution is 2.91. The Balaban J connectivity index is 1.29. The lowest BCUT2D eigenvalue weighted by Crippen LogP contribution is -2.54.